The maximum absolute atomic E-state index is 13.0. The normalized spacial score (nSPS) is 10.2. The molecule has 0 radical (unpaired) electrons. The van der Waals surface area contributed by atoms with Crippen molar-refractivity contribution < 1.29 is 9.18 Å². The van der Waals surface area contributed by atoms with Crippen LogP contribution >= 0.6 is 15.9 Å². The molecule has 0 heterocycles. The summed E-state index contributed by atoms with van der Waals surface area (Å²) in [5.74, 6) is -0.672. The summed E-state index contributed by atoms with van der Waals surface area (Å²) in [7, 11) is 0. The molecule has 0 saturated carbocycles. The molecule has 0 unspecified atom stereocenters. The number of carbonyl (C=O) groups is 1. The summed E-state index contributed by atoms with van der Waals surface area (Å²) in [6, 6.07) is 11.6. The third-order valence-corrected chi connectivity index (χ3v) is 3.03. The Labute approximate surface area is 118 Å². The number of hydrogen-bond donors (Lipinski definition) is 2. The number of amides is 1. The van der Waals surface area contributed by atoms with Gasteiger partial charge in [-0.25, -0.2) is 4.39 Å². The summed E-state index contributed by atoms with van der Waals surface area (Å²) < 4.78 is 13.9. The summed E-state index contributed by atoms with van der Waals surface area (Å²) in [6.45, 7) is 0. The molecule has 0 fully saturated rings. The van der Waals surface area contributed by atoms with Crippen LogP contribution in [-0.4, -0.2) is 5.91 Å². The highest BCUT2D eigenvalue weighted by atomic mass is 79.9. The van der Waals surface area contributed by atoms with Crippen LogP contribution in [-0.2, 0) is 11.2 Å². The van der Waals surface area contributed by atoms with Gasteiger partial charge in [0, 0.05) is 10.2 Å². The molecule has 2 aromatic rings. The van der Waals surface area contributed by atoms with E-state index in [4.69, 9.17) is 5.73 Å². The Hall–Kier alpha value is -1.88. The van der Waals surface area contributed by atoms with Gasteiger partial charge in [-0.05, 0) is 35.9 Å². The minimum Gasteiger partial charge on any atom is -0.396 e. The first-order valence-electron chi connectivity index (χ1n) is 5.64. The fraction of sp³-hybridized carbons (Fsp3) is 0.0714. The van der Waals surface area contributed by atoms with E-state index in [9.17, 15) is 9.18 Å². The van der Waals surface area contributed by atoms with Crippen molar-refractivity contribution in [3.63, 3.8) is 0 Å². The van der Waals surface area contributed by atoms with E-state index in [1.165, 1.54) is 18.2 Å². The topological polar surface area (TPSA) is 55.1 Å². The maximum atomic E-state index is 13.0. The summed E-state index contributed by atoms with van der Waals surface area (Å²) in [6.07, 6.45) is 0.247. The molecule has 98 valence electrons. The zero-order valence-electron chi connectivity index (χ0n) is 9.99. The quantitative estimate of drug-likeness (QED) is 0.851. The Kier molecular flexibility index (Phi) is 4.16. The maximum Gasteiger partial charge on any atom is 0.228 e. The lowest BCUT2D eigenvalue weighted by molar-refractivity contribution is -0.115. The third kappa shape index (κ3) is 3.79. The monoisotopic (exact) mass is 322 g/mol. The number of nitrogens with two attached hydrogens (primary N) is 1. The van der Waals surface area contributed by atoms with Gasteiger partial charge in [-0.3, -0.25) is 4.79 Å². The van der Waals surface area contributed by atoms with Gasteiger partial charge >= 0.3 is 0 Å². The van der Waals surface area contributed by atoms with Crippen molar-refractivity contribution in [3.05, 3.63) is 58.3 Å². The van der Waals surface area contributed by atoms with E-state index < -0.39 is 5.82 Å². The molecule has 0 aliphatic carbocycles. The van der Waals surface area contributed by atoms with Crippen LogP contribution in [0.3, 0.4) is 0 Å². The first-order chi connectivity index (χ1) is 9.04. The average Bonchev–Trinajstić information content (AvgIpc) is 2.34. The number of benzene rings is 2. The highest BCUT2D eigenvalue weighted by Crippen LogP contribution is 2.17. The molecule has 0 aliphatic rings. The Bertz CT molecular complexity index is 616. The van der Waals surface area contributed by atoms with Gasteiger partial charge in [0.05, 0.1) is 12.1 Å². The predicted molar refractivity (Wildman–Crippen MR) is 77.3 cm³/mol. The second-order valence-corrected chi connectivity index (χ2v) is 5.01. The number of hydrogen-bond acceptors (Lipinski definition) is 2. The summed E-state index contributed by atoms with van der Waals surface area (Å²) in [4.78, 5) is 11.8. The van der Waals surface area contributed by atoms with Crippen molar-refractivity contribution >= 4 is 33.2 Å². The van der Waals surface area contributed by atoms with E-state index in [1.54, 1.807) is 0 Å². The predicted octanol–water partition coefficient (Wildman–Crippen LogP) is 3.35. The van der Waals surface area contributed by atoms with Gasteiger partial charge in [0.15, 0.2) is 0 Å². The molecule has 2 aromatic carbocycles. The SMILES string of the molecule is Nc1cc(NC(=O)Cc2cccc(Br)c2)ccc1F. The van der Waals surface area contributed by atoms with Gasteiger partial charge in [0.2, 0.25) is 5.91 Å². The van der Waals surface area contributed by atoms with Crippen LogP contribution < -0.4 is 11.1 Å². The first-order valence-corrected chi connectivity index (χ1v) is 6.43. The van der Waals surface area contributed by atoms with Crippen molar-refractivity contribution in [1.29, 1.82) is 0 Å². The Morgan fingerprint density at radius 1 is 1.26 bits per heavy atom. The van der Waals surface area contributed by atoms with Crippen molar-refractivity contribution in [1.82, 2.24) is 0 Å². The number of halogens is 2. The van der Waals surface area contributed by atoms with Crippen LogP contribution in [0, 0.1) is 5.82 Å². The molecular weight excluding hydrogens is 311 g/mol. The van der Waals surface area contributed by atoms with E-state index in [0.717, 1.165) is 10.0 Å². The number of nitrogens with one attached hydrogen (secondary N) is 1. The highest BCUT2D eigenvalue weighted by molar-refractivity contribution is 9.10. The van der Waals surface area contributed by atoms with E-state index >= 15 is 0 Å². The molecule has 1 amide bonds. The fourth-order valence-electron chi connectivity index (χ4n) is 1.66. The molecule has 19 heavy (non-hydrogen) atoms. The zero-order valence-corrected chi connectivity index (χ0v) is 11.6. The third-order valence-electron chi connectivity index (χ3n) is 2.53. The second-order valence-electron chi connectivity index (χ2n) is 4.09. The molecule has 3 nitrogen and oxygen atoms in total. The van der Waals surface area contributed by atoms with Gasteiger partial charge in [-0.1, -0.05) is 28.1 Å². The van der Waals surface area contributed by atoms with Crippen molar-refractivity contribution in [2.75, 3.05) is 11.1 Å². The van der Waals surface area contributed by atoms with E-state index in [1.807, 2.05) is 24.3 Å². The number of nitrogen functional groups attached to an aromatic ring is 1. The Morgan fingerprint density at radius 2 is 2.05 bits per heavy atom. The largest absolute Gasteiger partial charge is 0.396 e. The van der Waals surface area contributed by atoms with Gasteiger partial charge in [-0.15, -0.1) is 0 Å². The zero-order chi connectivity index (χ0) is 13.8. The lowest BCUT2D eigenvalue weighted by Gasteiger charge is -2.07. The molecular formula is C14H12BrFN2O. The molecule has 0 aliphatic heterocycles. The average molecular weight is 323 g/mol. The number of carbonyl (C=O) groups excluding carboxylic acids is 1. The number of anilines is 2. The summed E-state index contributed by atoms with van der Waals surface area (Å²) >= 11 is 3.35. The summed E-state index contributed by atoms with van der Waals surface area (Å²) in [5.41, 5.74) is 6.83. The van der Waals surface area contributed by atoms with Crippen LogP contribution in [0.1, 0.15) is 5.56 Å². The standard InChI is InChI=1S/C14H12BrFN2O/c15-10-3-1-2-9(6-10)7-14(19)18-11-4-5-12(16)13(17)8-11/h1-6,8H,7,17H2,(H,18,19). The van der Waals surface area contributed by atoms with Gasteiger partial charge < -0.3 is 11.1 Å². The van der Waals surface area contributed by atoms with Crippen LogP contribution in [0.5, 0.6) is 0 Å². The smallest absolute Gasteiger partial charge is 0.228 e. The minimum atomic E-state index is -0.495. The van der Waals surface area contributed by atoms with E-state index in [2.05, 4.69) is 21.2 Å². The number of rotatable bonds is 3. The first kappa shape index (κ1) is 13.5. The highest BCUT2D eigenvalue weighted by Gasteiger charge is 2.06. The van der Waals surface area contributed by atoms with Gasteiger partial charge in [0.1, 0.15) is 5.82 Å². The van der Waals surface area contributed by atoms with E-state index in [-0.39, 0.29) is 18.0 Å². The van der Waals surface area contributed by atoms with Gasteiger partial charge in [-0.2, -0.15) is 0 Å². The van der Waals surface area contributed by atoms with Crippen LogP contribution in [0.2, 0.25) is 0 Å². The van der Waals surface area contributed by atoms with Crippen LogP contribution in [0.15, 0.2) is 46.9 Å². The van der Waals surface area contributed by atoms with Crippen LogP contribution in [0.4, 0.5) is 15.8 Å². The van der Waals surface area contributed by atoms with Gasteiger partial charge in [0.25, 0.3) is 0 Å². The van der Waals surface area contributed by atoms with Crippen molar-refractivity contribution in [3.8, 4) is 0 Å². The molecule has 0 saturated heterocycles. The van der Waals surface area contributed by atoms with Crippen LogP contribution in [0.25, 0.3) is 0 Å². The van der Waals surface area contributed by atoms with Crippen molar-refractivity contribution in [2.24, 2.45) is 0 Å². The minimum absolute atomic E-state index is 0.0141. The van der Waals surface area contributed by atoms with Crippen molar-refractivity contribution in [2.45, 2.75) is 6.42 Å². The molecule has 2 rings (SSSR count). The molecule has 0 atom stereocenters. The Balaban J connectivity index is 2.03. The fourth-order valence-corrected chi connectivity index (χ4v) is 2.11. The second kappa shape index (κ2) is 5.84. The van der Waals surface area contributed by atoms with E-state index in [0.29, 0.717) is 5.69 Å². The Morgan fingerprint density at radius 3 is 2.74 bits per heavy atom. The molecule has 0 spiro atoms. The lowest BCUT2D eigenvalue weighted by atomic mass is 10.1. The molecule has 5 heteroatoms. The lowest BCUT2D eigenvalue weighted by Crippen LogP contribution is -2.14. The summed E-state index contributed by atoms with van der Waals surface area (Å²) in [5, 5.41) is 2.68. The molecule has 0 bridgehead atoms. The molecule has 0 aromatic heterocycles. The molecule has 3 N–H and O–H groups in total.